The van der Waals surface area contributed by atoms with E-state index in [0.717, 1.165) is 11.3 Å². The molecule has 124 valence electrons. The van der Waals surface area contributed by atoms with Gasteiger partial charge in [-0.2, -0.15) is 0 Å². The monoisotopic (exact) mass is 337 g/mol. The van der Waals surface area contributed by atoms with E-state index in [4.69, 9.17) is 13.9 Å². The number of hydrogen-bond donors (Lipinski definition) is 1. The molecule has 0 spiro atoms. The third kappa shape index (κ3) is 5.26. The quantitative estimate of drug-likeness (QED) is 0.737. The second-order valence-electron chi connectivity index (χ2n) is 4.81. The van der Waals surface area contributed by atoms with Crippen molar-refractivity contribution in [3.8, 4) is 17.2 Å². The summed E-state index contributed by atoms with van der Waals surface area (Å²) in [4.78, 5) is 11.8. The first-order valence-electron chi connectivity index (χ1n) is 7.01. The lowest BCUT2D eigenvalue weighted by Gasteiger charge is -2.11. The van der Waals surface area contributed by atoms with Gasteiger partial charge >= 0.3 is 0 Å². The Hall–Kier alpha value is -2.06. The van der Waals surface area contributed by atoms with Crippen molar-refractivity contribution >= 4 is 17.7 Å². The van der Waals surface area contributed by atoms with Crippen molar-refractivity contribution in [3.63, 3.8) is 0 Å². The maximum Gasteiger partial charge on any atom is 0.277 e. The SMILES string of the molecule is COC[C@@H](C)NC(=O)CSc1nnc(-c2ccc(OC)cc2)o1. The van der Waals surface area contributed by atoms with Crippen molar-refractivity contribution in [3.05, 3.63) is 24.3 Å². The molecule has 0 unspecified atom stereocenters. The lowest BCUT2D eigenvalue weighted by molar-refractivity contribution is -0.119. The fourth-order valence-corrected chi connectivity index (χ4v) is 2.43. The standard InChI is InChI=1S/C15H19N3O4S/c1-10(8-20-2)16-13(19)9-23-15-18-17-14(22-15)11-4-6-12(21-3)7-5-11/h4-7,10H,8-9H2,1-3H3,(H,16,19)/t10-/m1/s1. The molecule has 0 aliphatic carbocycles. The Kier molecular flexibility index (Phi) is 6.42. The molecule has 0 saturated carbocycles. The molecule has 7 nitrogen and oxygen atoms in total. The minimum atomic E-state index is -0.108. The maximum absolute atomic E-state index is 11.8. The molecule has 8 heteroatoms. The van der Waals surface area contributed by atoms with Crippen LogP contribution in [-0.2, 0) is 9.53 Å². The van der Waals surface area contributed by atoms with E-state index in [-0.39, 0.29) is 17.7 Å². The summed E-state index contributed by atoms with van der Waals surface area (Å²) < 4.78 is 15.6. The van der Waals surface area contributed by atoms with Crippen LogP contribution in [0.3, 0.4) is 0 Å². The lowest BCUT2D eigenvalue weighted by atomic mass is 10.2. The van der Waals surface area contributed by atoms with E-state index in [1.165, 1.54) is 11.8 Å². The van der Waals surface area contributed by atoms with Gasteiger partial charge in [0, 0.05) is 18.7 Å². The van der Waals surface area contributed by atoms with Crippen LogP contribution in [0, 0.1) is 0 Å². The first kappa shape index (κ1) is 17.3. The van der Waals surface area contributed by atoms with Crippen LogP contribution in [0.15, 0.2) is 33.9 Å². The zero-order valence-electron chi connectivity index (χ0n) is 13.2. The molecule has 1 aromatic carbocycles. The van der Waals surface area contributed by atoms with Gasteiger partial charge in [0.05, 0.1) is 19.5 Å². The molecule has 23 heavy (non-hydrogen) atoms. The van der Waals surface area contributed by atoms with Gasteiger partial charge in [0.2, 0.25) is 11.8 Å². The van der Waals surface area contributed by atoms with Gasteiger partial charge in [-0.15, -0.1) is 10.2 Å². The molecule has 2 rings (SSSR count). The second-order valence-corrected chi connectivity index (χ2v) is 5.74. The maximum atomic E-state index is 11.8. The smallest absolute Gasteiger partial charge is 0.277 e. The van der Waals surface area contributed by atoms with Crippen molar-refractivity contribution in [2.24, 2.45) is 0 Å². The summed E-state index contributed by atoms with van der Waals surface area (Å²) in [5.74, 6) is 1.26. The van der Waals surface area contributed by atoms with E-state index in [2.05, 4.69) is 15.5 Å². The molecule has 1 aromatic heterocycles. The molecule has 0 aliphatic rings. The Labute approximate surface area is 138 Å². The fourth-order valence-electron chi connectivity index (χ4n) is 1.85. The number of ether oxygens (including phenoxy) is 2. The van der Waals surface area contributed by atoms with Gasteiger partial charge < -0.3 is 19.2 Å². The van der Waals surface area contributed by atoms with Crippen molar-refractivity contribution in [1.82, 2.24) is 15.5 Å². The van der Waals surface area contributed by atoms with E-state index in [9.17, 15) is 4.79 Å². The van der Waals surface area contributed by atoms with E-state index < -0.39 is 0 Å². The number of nitrogens with zero attached hydrogens (tertiary/aromatic N) is 2. The van der Waals surface area contributed by atoms with Gasteiger partial charge in [-0.05, 0) is 31.2 Å². The number of carbonyl (C=O) groups excluding carboxylic acids is 1. The normalized spacial score (nSPS) is 12.0. The number of benzene rings is 1. The van der Waals surface area contributed by atoms with Gasteiger partial charge in [0.15, 0.2) is 0 Å². The van der Waals surface area contributed by atoms with Crippen LogP contribution in [0.2, 0.25) is 0 Å². The van der Waals surface area contributed by atoms with Gasteiger partial charge in [0.1, 0.15) is 5.75 Å². The lowest BCUT2D eigenvalue weighted by Crippen LogP contribution is -2.36. The summed E-state index contributed by atoms with van der Waals surface area (Å²) in [5, 5.41) is 11.1. The van der Waals surface area contributed by atoms with Gasteiger partial charge in [-0.3, -0.25) is 4.79 Å². The van der Waals surface area contributed by atoms with Crippen molar-refractivity contribution in [2.45, 2.75) is 18.2 Å². The molecule has 1 amide bonds. The molecule has 0 aliphatic heterocycles. The van der Waals surface area contributed by atoms with Crippen LogP contribution in [0.5, 0.6) is 5.75 Å². The average molecular weight is 337 g/mol. The highest BCUT2D eigenvalue weighted by atomic mass is 32.2. The highest BCUT2D eigenvalue weighted by Gasteiger charge is 2.12. The summed E-state index contributed by atoms with van der Waals surface area (Å²) in [6, 6.07) is 7.26. The number of carbonyl (C=O) groups is 1. The van der Waals surface area contributed by atoms with Crippen molar-refractivity contribution in [2.75, 3.05) is 26.6 Å². The van der Waals surface area contributed by atoms with Crippen molar-refractivity contribution in [1.29, 1.82) is 0 Å². The number of amides is 1. The Morgan fingerprint density at radius 1 is 1.30 bits per heavy atom. The fraction of sp³-hybridized carbons (Fsp3) is 0.400. The minimum absolute atomic E-state index is 0.0364. The van der Waals surface area contributed by atoms with E-state index in [1.807, 2.05) is 31.2 Å². The minimum Gasteiger partial charge on any atom is -0.497 e. The van der Waals surface area contributed by atoms with Crippen LogP contribution in [0.4, 0.5) is 0 Å². The molecular formula is C15H19N3O4S. The zero-order chi connectivity index (χ0) is 16.7. The molecule has 0 radical (unpaired) electrons. The molecule has 1 atom stereocenters. The largest absolute Gasteiger partial charge is 0.497 e. The Balaban J connectivity index is 1.88. The molecule has 1 heterocycles. The van der Waals surface area contributed by atoms with Gasteiger partial charge in [-0.1, -0.05) is 11.8 Å². The summed E-state index contributed by atoms with van der Waals surface area (Å²) >= 11 is 1.19. The Morgan fingerprint density at radius 3 is 2.70 bits per heavy atom. The van der Waals surface area contributed by atoms with E-state index in [1.54, 1.807) is 14.2 Å². The van der Waals surface area contributed by atoms with Crippen LogP contribution < -0.4 is 10.1 Å². The molecule has 0 saturated heterocycles. The predicted molar refractivity (Wildman–Crippen MR) is 86.5 cm³/mol. The number of hydrogen-bond acceptors (Lipinski definition) is 7. The number of thioether (sulfide) groups is 1. The van der Waals surface area contributed by atoms with Crippen LogP contribution >= 0.6 is 11.8 Å². The van der Waals surface area contributed by atoms with Crippen molar-refractivity contribution < 1.29 is 18.7 Å². The van der Waals surface area contributed by atoms with Gasteiger partial charge in [0.25, 0.3) is 5.22 Å². The topological polar surface area (TPSA) is 86.5 Å². The first-order chi connectivity index (χ1) is 11.1. The molecular weight excluding hydrogens is 318 g/mol. The first-order valence-corrected chi connectivity index (χ1v) is 8.00. The predicted octanol–water partition coefficient (Wildman–Crippen LogP) is 1.99. The molecule has 2 aromatic rings. The summed E-state index contributed by atoms with van der Waals surface area (Å²) in [7, 11) is 3.20. The Morgan fingerprint density at radius 2 is 2.04 bits per heavy atom. The highest BCUT2D eigenvalue weighted by Crippen LogP contribution is 2.24. The molecule has 0 bridgehead atoms. The second kappa shape index (κ2) is 8.54. The van der Waals surface area contributed by atoms with Crippen LogP contribution in [0.25, 0.3) is 11.5 Å². The van der Waals surface area contributed by atoms with E-state index >= 15 is 0 Å². The molecule has 0 fully saturated rings. The summed E-state index contributed by atoms with van der Waals surface area (Å²) in [6.45, 7) is 2.35. The highest BCUT2D eigenvalue weighted by molar-refractivity contribution is 7.99. The Bertz CT molecular complexity index is 630. The number of methoxy groups -OCH3 is 2. The third-order valence-electron chi connectivity index (χ3n) is 2.89. The average Bonchev–Trinajstić information content (AvgIpc) is 3.02. The number of aromatic nitrogens is 2. The number of rotatable bonds is 8. The van der Waals surface area contributed by atoms with Crippen LogP contribution in [0.1, 0.15) is 6.92 Å². The van der Waals surface area contributed by atoms with Crippen LogP contribution in [-0.4, -0.2) is 48.7 Å². The van der Waals surface area contributed by atoms with Gasteiger partial charge in [-0.25, -0.2) is 0 Å². The summed E-state index contributed by atoms with van der Waals surface area (Å²) in [6.07, 6.45) is 0. The number of nitrogens with one attached hydrogen (secondary N) is 1. The van der Waals surface area contributed by atoms with E-state index in [0.29, 0.717) is 17.7 Å². The summed E-state index contributed by atoms with van der Waals surface area (Å²) in [5.41, 5.74) is 0.795. The third-order valence-corrected chi connectivity index (χ3v) is 3.71. The zero-order valence-corrected chi connectivity index (χ0v) is 14.1. The molecule has 1 N–H and O–H groups in total.